The highest BCUT2D eigenvalue weighted by Gasteiger charge is 2.31. The van der Waals surface area contributed by atoms with Gasteiger partial charge >= 0.3 is 5.97 Å². The van der Waals surface area contributed by atoms with Crippen molar-refractivity contribution in [3.63, 3.8) is 0 Å². The molecular weight excluding hydrogens is 312 g/mol. The van der Waals surface area contributed by atoms with Crippen LogP contribution in [-0.4, -0.2) is 48.3 Å². The maximum Gasteiger partial charge on any atom is 0.330 e. The van der Waals surface area contributed by atoms with Gasteiger partial charge in [-0.1, -0.05) is 17.8 Å². The highest BCUT2D eigenvalue weighted by molar-refractivity contribution is 8.22. The second-order valence-corrected chi connectivity index (χ2v) is 5.83. The smallest absolute Gasteiger partial charge is 0.330 e. The van der Waals surface area contributed by atoms with E-state index in [0.29, 0.717) is 24.0 Å². The SMILES string of the molecule is CCOC(=O)/C=C\CC[C@H]1O[C@@H](C)OC[C@H]1OC(=S)SC. The highest BCUT2D eigenvalue weighted by Crippen LogP contribution is 2.21. The summed E-state index contributed by atoms with van der Waals surface area (Å²) in [7, 11) is 0. The van der Waals surface area contributed by atoms with E-state index in [-0.39, 0.29) is 24.5 Å². The van der Waals surface area contributed by atoms with E-state index in [1.807, 2.05) is 13.2 Å². The van der Waals surface area contributed by atoms with Gasteiger partial charge in [0, 0.05) is 6.08 Å². The standard InChI is InChI=1S/C14H22O5S2/c1-4-16-13(15)8-6-5-7-11-12(19-14(20)21-3)9-17-10(2)18-11/h6,8,10-12H,4-5,7,9H2,1-3H3/b8-6-/t10-,11+,12+/m0/s1. The molecule has 0 saturated carbocycles. The van der Waals surface area contributed by atoms with Gasteiger partial charge in [-0.2, -0.15) is 0 Å². The van der Waals surface area contributed by atoms with E-state index in [0.717, 1.165) is 6.42 Å². The van der Waals surface area contributed by atoms with Gasteiger partial charge in [-0.3, -0.25) is 0 Å². The number of carbonyl (C=O) groups excluding carboxylic acids is 1. The summed E-state index contributed by atoms with van der Waals surface area (Å²) >= 11 is 6.45. The molecule has 0 aromatic heterocycles. The van der Waals surface area contributed by atoms with Gasteiger partial charge in [0.15, 0.2) is 6.29 Å². The van der Waals surface area contributed by atoms with E-state index in [1.54, 1.807) is 13.0 Å². The lowest BCUT2D eigenvalue weighted by atomic mass is 10.1. The molecule has 3 atom stereocenters. The molecule has 7 heteroatoms. The Morgan fingerprint density at radius 3 is 2.95 bits per heavy atom. The Labute approximate surface area is 135 Å². The average molecular weight is 334 g/mol. The zero-order chi connectivity index (χ0) is 15.7. The van der Waals surface area contributed by atoms with Gasteiger partial charge in [0.25, 0.3) is 0 Å². The number of hydrogen-bond acceptors (Lipinski definition) is 7. The molecule has 5 nitrogen and oxygen atoms in total. The van der Waals surface area contributed by atoms with E-state index in [9.17, 15) is 4.79 Å². The summed E-state index contributed by atoms with van der Waals surface area (Å²) in [5.74, 6) is -0.324. The van der Waals surface area contributed by atoms with Crippen LogP contribution in [0.15, 0.2) is 12.2 Å². The number of hydrogen-bond donors (Lipinski definition) is 0. The molecule has 0 aromatic carbocycles. The minimum absolute atomic E-state index is 0.106. The van der Waals surface area contributed by atoms with Crippen molar-refractivity contribution in [2.45, 2.75) is 45.2 Å². The molecule has 0 spiro atoms. The number of thioether (sulfide) groups is 1. The van der Waals surface area contributed by atoms with Crippen molar-refractivity contribution in [2.24, 2.45) is 0 Å². The Balaban J connectivity index is 2.43. The van der Waals surface area contributed by atoms with Crippen LogP contribution in [0, 0.1) is 0 Å². The summed E-state index contributed by atoms with van der Waals surface area (Å²) < 4.78 is 22.1. The molecule has 1 heterocycles. The molecule has 0 unspecified atom stereocenters. The van der Waals surface area contributed by atoms with Crippen LogP contribution in [0.25, 0.3) is 0 Å². The van der Waals surface area contributed by atoms with Gasteiger partial charge in [-0.15, -0.1) is 0 Å². The molecule has 1 fully saturated rings. The van der Waals surface area contributed by atoms with Gasteiger partial charge < -0.3 is 18.9 Å². The first-order valence-corrected chi connectivity index (χ1v) is 8.55. The van der Waals surface area contributed by atoms with Crippen molar-refractivity contribution < 1.29 is 23.7 Å². The summed E-state index contributed by atoms with van der Waals surface area (Å²) in [6, 6.07) is 0. The quantitative estimate of drug-likeness (QED) is 0.420. The van der Waals surface area contributed by atoms with E-state index in [1.165, 1.54) is 17.8 Å². The van der Waals surface area contributed by atoms with E-state index in [2.05, 4.69) is 0 Å². The zero-order valence-corrected chi connectivity index (χ0v) is 14.2. The number of esters is 1. The number of thiocarbonyl (C=S) groups is 1. The van der Waals surface area contributed by atoms with Crippen LogP contribution < -0.4 is 0 Å². The topological polar surface area (TPSA) is 54.0 Å². The van der Waals surface area contributed by atoms with Crippen molar-refractivity contribution in [2.75, 3.05) is 19.5 Å². The number of rotatable bonds is 6. The van der Waals surface area contributed by atoms with Crippen molar-refractivity contribution >= 4 is 34.3 Å². The molecule has 0 radical (unpaired) electrons. The molecule has 1 saturated heterocycles. The fourth-order valence-corrected chi connectivity index (χ4v) is 2.22. The fraction of sp³-hybridized carbons (Fsp3) is 0.714. The summed E-state index contributed by atoms with van der Waals surface area (Å²) in [5.41, 5.74) is 0. The summed E-state index contributed by atoms with van der Waals surface area (Å²) in [6.07, 6.45) is 5.94. The first-order chi connectivity index (χ1) is 10.1. The van der Waals surface area contributed by atoms with Crippen molar-refractivity contribution in [3.8, 4) is 0 Å². The molecular formula is C14H22O5S2. The lowest BCUT2D eigenvalue weighted by Crippen LogP contribution is -2.44. The predicted octanol–water partition coefficient (Wildman–Crippen LogP) is 2.68. The molecule has 0 N–H and O–H groups in total. The maximum atomic E-state index is 11.2. The van der Waals surface area contributed by atoms with E-state index >= 15 is 0 Å². The second kappa shape index (κ2) is 10.2. The van der Waals surface area contributed by atoms with Crippen LogP contribution in [0.5, 0.6) is 0 Å². The maximum absolute atomic E-state index is 11.2. The zero-order valence-electron chi connectivity index (χ0n) is 12.6. The largest absolute Gasteiger partial charge is 0.470 e. The Morgan fingerprint density at radius 2 is 2.29 bits per heavy atom. The lowest BCUT2D eigenvalue weighted by molar-refractivity contribution is -0.240. The van der Waals surface area contributed by atoms with Gasteiger partial charge in [0.1, 0.15) is 12.2 Å². The summed E-state index contributed by atoms with van der Waals surface area (Å²) in [4.78, 5) is 11.2. The number of carbonyl (C=O) groups is 1. The van der Waals surface area contributed by atoms with Crippen LogP contribution in [0.1, 0.15) is 26.7 Å². The Bertz CT molecular complexity index is 372. The molecule has 21 heavy (non-hydrogen) atoms. The van der Waals surface area contributed by atoms with Crippen LogP contribution >= 0.6 is 24.0 Å². The van der Waals surface area contributed by atoms with Gasteiger partial charge in [0.2, 0.25) is 4.38 Å². The Morgan fingerprint density at radius 1 is 1.52 bits per heavy atom. The number of ether oxygens (including phenoxy) is 4. The van der Waals surface area contributed by atoms with E-state index in [4.69, 9.17) is 31.2 Å². The minimum atomic E-state index is -0.324. The van der Waals surface area contributed by atoms with Crippen LogP contribution in [-0.2, 0) is 23.7 Å². The van der Waals surface area contributed by atoms with Gasteiger partial charge in [-0.25, -0.2) is 4.79 Å². The Kier molecular flexibility index (Phi) is 8.91. The normalized spacial score (nSPS) is 25.8. The number of allylic oxidation sites excluding steroid dienone is 1. The first-order valence-electron chi connectivity index (χ1n) is 6.91. The molecule has 1 aliphatic rings. The monoisotopic (exact) mass is 334 g/mol. The summed E-state index contributed by atoms with van der Waals surface area (Å²) in [6.45, 7) is 4.46. The molecule has 0 aromatic rings. The van der Waals surface area contributed by atoms with Crippen LogP contribution in [0.2, 0.25) is 0 Å². The van der Waals surface area contributed by atoms with Gasteiger partial charge in [-0.05, 0) is 45.2 Å². The third kappa shape index (κ3) is 7.26. The first kappa shape index (κ1) is 18.4. The molecule has 0 aliphatic carbocycles. The summed E-state index contributed by atoms with van der Waals surface area (Å²) in [5, 5.41) is 0. The molecule has 120 valence electrons. The third-order valence-electron chi connectivity index (χ3n) is 2.85. The van der Waals surface area contributed by atoms with Crippen molar-refractivity contribution in [1.82, 2.24) is 0 Å². The lowest BCUT2D eigenvalue weighted by Gasteiger charge is -2.35. The molecule has 1 rings (SSSR count). The molecule has 1 aliphatic heterocycles. The molecule has 0 amide bonds. The minimum Gasteiger partial charge on any atom is -0.470 e. The second-order valence-electron chi connectivity index (χ2n) is 4.42. The fourth-order valence-electron chi connectivity index (χ4n) is 1.88. The van der Waals surface area contributed by atoms with Crippen LogP contribution in [0.3, 0.4) is 0 Å². The van der Waals surface area contributed by atoms with Gasteiger partial charge in [0.05, 0.1) is 13.2 Å². The highest BCUT2D eigenvalue weighted by atomic mass is 32.2. The van der Waals surface area contributed by atoms with Crippen molar-refractivity contribution in [3.05, 3.63) is 12.2 Å². The van der Waals surface area contributed by atoms with E-state index < -0.39 is 0 Å². The third-order valence-corrected chi connectivity index (χ3v) is 3.87. The molecule has 0 bridgehead atoms. The predicted molar refractivity (Wildman–Crippen MR) is 86.3 cm³/mol. The average Bonchev–Trinajstić information content (AvgIpc) is 2.46. The Hall–Kier alpha value is -0.630. The van der Waals surface area contributed by atoms with Crippen LogP contribution in [0.4, 0.5) is 0 Å². The van der Waals surface area contributed by atoms with Crippen molar-refractivity contribution in [1.29, 1.82) is 0 Å².